The van der Waals surface area contributed by atoms with Gasteiger partial charge in [0, 0.05) is 25.1 Å². The minimum atomic E-state index is -0.0753. The van der Waals surface area contributed by atoms with Gasteiger partial charge < -0.3 is 14.2 Å². The van der Waals surface area contributed by atoms with Crippen LogP contribution in [0.4, 0.5) is 0 Å². The topological polar surface area (TPSA) is 68.5 Å². The lowest BCUT2D eigenvalue weighted by Gasteiger charge is -2.16. The van der Waals surface area contributed by atoms with Crippen LogP contribution >= 0.6 is 0 Å². The van der Waals surface area contributed by atoms with Crippen molar-refractivity contribution in [2.75, 3.05) is 13.2 Å². The summed E-state index contributed by atoms with van der Waals surface area (Å²) in [6, 6.07) is 15.8. The van der Waals surface area contributed by atoms with Gasteiger partial charge in [0.15, 0.2) is 0 Å². The lowest BCUT2D eigenvalue weighted by Crippen LogP contribution is -2.24. The number of benzene rings is 2. The molecule has 1 saturated heterocycles. The molecule has 6 heteroatoms. The zero-order chi connectivity index (χ0) is 19.5. The van der Waals surface area contributed by atoms with Crippen LogP contribution in [0.1, 0.15) is 36.3 Å². The first-order chi connectivity index (χ1) is 13.6. The van der Waals surface area contributed by atoms with E-state index < -0.39 is 0 Å². The molecule has 4 rings (SSSR count). The Kier molecular flexibility index (Phi) is 5.10. The Labute approximate surface area is 164 Å². The third-order valence-electron chi connectivity index (χ3n) is 4.86. The Morgan fingerprint density at radius 3 is 2.89 bits per heavy atom. The zero-order valence-electron chi connectivity index (χ0n) is 16.1. The Morgan fingerprint density at radius 1 is 1.21 bits per heavy atom. The van der Waals surface area contributed by atoms with Crippen LogP contribution < -0.4 is 4.74 Å². The van der Waals surface area contributed by atoms with E-state index in [2.05, 4.69) is 29.2 Å². The number of ether oxygens (including phenoxy) is 1. The molecule has 1 aliphatic heterocycles. The maximum atomic E-state index is 12.5. The molecule has 1 fully saturated rings. The van der Waals surface area contributed by atoms with Gasteiger partial charge in [0.05, 0.1) is 12.5 Å². The fourth-order valence-corrected chi connectivity index (χ4v) is 3.53. The smallest absolute Gasteiger partial charge is 0.232 e. The maximum absolute atomic E-state index is 12.5. The number of carbonyl (C=O) groups is 1. The quantitative estimate of drug-likeness (QED) is 0.650. The van der Waals surface area contributed by atoms with E-state index in [0.29, 0.717) is 37.8 Å². The van der Waals surface area contributed by atoms with E-state index in [9.17, 15) is 4.79 Å². The molecule has 1 amide bonds. The van der Waals surface area contributed by atoms with E-state index in [1.54, 1.807) is 0 Å². The van der Waals surface area contributed by atoms with Gasteiger partial charge in [-0.15, -0.1) is 0 Å². The summed E-state index contributed by atoms with van der Waals surface area (Å²) in [5.74, 6) is 1.84. The Hall–Kier alpha value is -3.15. The molecule has 144 valence electrons. The number of aromatic nitrogens is 2. The zero-order valence-corrected chi connectivity index (χ0v) is 16.1. The molecule has 0 radical (unpaired) electrons. The van der Waals surface area contributed by atoms with Crippen LogP contribution in [0, 0.1) is 6.92 Å². The third kappa shape index (κ3) is 3.91. The van der Waals surface area contributed by atoms with Crippen LogP contribution in [0.2, 0.25) is 0 Å². The van der Waals surface area contributed by atoms with Gasteiger partial charge in [0.25, 0.3) is 0 Å². The van der Waals surface area contributed by atoms with Crippen molar-refractivity contribution in [3.8, 4) is 17.1 Å². The Balaban J connectivity index is 1.47. The van der Waals surface area contributed by atoms with Crippen molar-refractivity contribution in [2.24, 2.45) is 0 Å². The highest BCUT2D eigenvalue weighted by molar-refractivity contribution is 5.79. The monoisotopic (exact) mass is 377 g/mol. The fraction of sp³-hybridized carbons (Fsp3) is 0.318. The van der Waals surface area contributed by atoms with Gasteiger partial charge >= 0.3 is 0 Å². The highest BCUT2D eigenvalue weighted by Crippen LogP contribution is 2.30. The molecule has 1 aromatic heterocycles. The summed E-state index contributed by atoms with van der Waals surface area (Å²) in [6.07, 6.45) is 0.395. The van der Waals surface area contributed by atoms with Crippen LogP contribution in [-0.2, 0) is 11.3 Å². The van der Waals surface area contributed by atoms with Gasteiger partial charge in [-0.05, 0) is 31.5 Å². The van der Waals surface area contributed by atoms with Gasteiger partial charge in [-0.3, -0.25) is 4.79 Å². The number of rotatable bonds is 6. The Morgan fingerprint density at radius 2 is 2.07 bits per heavy atom. The van der Waals surface area contributed by atoms with Gasteiger partial charge in [-0.1, -0.05) is 47.1 Å². The molecule has 2 heterocycles. The molecule has 3 aromatic rings. The average Bonchev–Trinajstić information content (AvgIpc) is 3.30. The molecule has 0 saturated carbocycles. The molecule has 1 unspecified atom stereocenters. The lowest BCUT2D eigenvalue weighted by atomic mass is 10.1. The molecule has 0 spiro atoms. The standard InChI is InChI=1S/C22H23N3O3/c1-3-27-19-9-5-8-17(11-19)21-23-22(28-24-21)18-12-20(26)25(14-18)13-16-7-4-6-15(2)10-16/h4-11,18H,3,12-14H2,1-2H3. The fourth-order valence-electron chi connectivity index (χ4n) is 3.53. The van der Waals surface area contributed by atoms with Crippen LogP contribution in [0.5, 0.6) is 5.75 Å². The number of aryl methyl sites for hydroxylation is 1. The highest BCUT2D eigenvalue weighted by Gasteiger charge is 2.34. The minimum Gasteiger partial charge on any atom is -0.494 e. The molecule has 1 atom stereocenters. The van der Waals surface area contributed by atoms with E-state index in [0.717, 1.165) is 16.9 Å². The van der Waals surface area contributed by atoms with Crippen molar-refractivity contribution in [2.45, 2.75) is 32.7 Å². The minimum absolute atomic E-state index is 0.0753. The van der Waals surface area contributed by atoms with E-state index in [1.807, 2.05) is 48.2 Å². The van der Waals surface area contributed by atoms with E-state index in [1.165, 1.54) is 5.56 Å². The van der Waals surface area contributed by atoms with Crippen molar-refractivity contribution in [1.29, 1.82) is 0 Å². The number of hydrogen-bond donors (Lipinski definition) is 0. The summed E-state index contributed by atoms with van der Waals surface area (Å²) in [4.78, 5) is 18.9. The number of amides is 1. The number of nitrogens with zero attached hydrogens (tertiary/aromatic N) is 3. The molecule has 2 aromatic carbocycles. The summed E-state index contributed by atoms with van der Waals surface area (Å²) in [5, 5.41) is 4.11. The molecule has 0 N–H and O–H groups in total. The summed E-state index contributed by atoms with van der Waals surface area (Å²) < 4.78 is 11.0. The SMILES string of the molecule is CCOc1cccc(-c2noc(C3CC(=O)N(Cc4cccc(C)c4)C3)n2)c1. The second-order valence-electron chi connectivity index (χ2n) is 7.08. The van der Waals surface area contributed by atoms with E-state index >= 15 is 0 Å². The van der Waals surface area contributed by atoms with E-state index in [-0.39, 0.29) is 11.8 Å². The number of hydrogen-bond acceptors (Lipinski definition) is 5. The van der Waals surface area contributed by atoms with Crippen molar-refractivity contribution >= 4 is 5.91 Å². The first-order valence-corrected chi connectivity index (χ1v) is 9.52. The largest absolute Gasteiger partial charge is 0.494 e. The first-order valence-electron chi connectivity index (χ1n) is 9.52. The molecule has 0 bridgehead atoms. The van der Waals surface area contributed by atoms with Gasteiger partial charge in [-0.2, -0.15) is 4.98 Å². The van der Waals surface area contributed by atoms with Gasteiger partial charge in [-0.25, -0.2) is 0 Å². The van der Waals surface area contributed by atoms with E-state index in [4.69, 9.17) is 9.26 Å². The lowest BCUT2D eigenvalue weighted by molar-refractivity contribution is -0.128. The highest BCUT2D eigenvalue weighted by atomic mass is 16.5. The predicted molar refractivity (Wildman–Crippen MR) is 105 cm³/mol. The second-order valence-corrected chi connectivity index (χ2v) is 7.08. The number of carbonyl (C=O) groups excluding carboxylic acids is 1. The molecule has 28 heavy (non-hydrogen) atoms. The first kappa shape index (κ1) is 18.2. The molecular weight excluding hydrogens is 354 g/mol. The van der Waals surface area contributed by atoms with Crippen LogP contribution in [0.15, 0.2) is 53.1 Å². The van der Waals surface area contributed by atoms with Crippen molar-refractivity contribution in [1.82, 2.24) is 15.0 Å². The third-order valence-corrected chi connectivity index (χ3v) is 4.86. The van der Waals surface area contributed by atoms with Crippen LogP contribution in [-0.4, -0.2) is 34.1 Å². The summed E-state index contributed by atoms with van der Waals surface area (Å²) in [5.41, 5.74) is 3.16. The summed E-state index contributed by atoms with van der Waals surface area (Å²) in [7, 11) is 0. The molecular formula is C22H23N3O3. The van der Waals surface area contributed by atoms with Crippen molar-refractivity contribution in [3.63, 3.8) is 0 Å². The molecule has 6 nitrogen and oxygen atoms in total. The van der Waals surface area contributed by atoms with Crippen molar-refractivity contribution in [3.05, 3.63) is 65.5 Å². The van der Waals surface area contributed by atoms with Gasteiger partial charge in [0.2, 0.25) is 17.6 Å². The summed E-state index contributed by atoms with van der Waals surface area (Å²) >= 11 is 0. The maximum Gasteiger partial charge on any atom is 0.232 e. The molecule has 1 aliphatic rings. The normalized spacial score (nSPS) is 16.6. The Bertz CT molecular complexity index is 982. The average molecular weight is 377 g/mol. The van der Waals surface area contributed by atoms with Gasteiger partial charge in [0.1, 0.15) is 5.75 Å². The van der Waals surface area contributed by atoms with Crippen molar-refractivity contribution < 1.29 is 14.1 Å². The predicted octanol–water partition coefficient (Wildman–Crippen LogP) is 3.96. The summed E-state index contributed by atoms with van der Waals surface area (Å²) in [6.45, 7) is 5.79. The van der Waals surface area contributed by atoms with Crippen LogP contribution in [0.3, 0.4) is 0 Å². The second kappa shape index (κ2) is 7.84. The van der Waals surface area contributed by atoms with Crippen LogP contribution in [0.25, 0.3) is 11.4 Å². The molecule has 0 aliphatic carbocycles. The number of likely N-dealkylation sites (tertiary alicyclic amines) is 1.